The maximum Gasteiger partial charge on any atom is 0.248 e. The van der Waals surface area contributed by atoms with Crippen molar-refractivity contribution in [1.29, 1.82) is 0 Å². The monoisotopic (exact) mass is 296 g/mol. The number of rotatable bonds is 5. The highest BCUT2D eigenvalue weighted by atomic mass is 16.1. The fraction of sp³-hybridized carbons (Fsp3) is 0.133. The molecular weight excluding hydrogens is 280 g/mol. The average molecular weight is 296 g/mol. The number of anilines is 3. The zero-order chi connectivity index (χ0) is 15.5. The second-order valence-electron chi connectivity index (χ2n) is 4.73. The Bertz CT molecular complexity index is 809. The molecule has 0 atom stereocenters. The molecule has 1 amide bonds. The predicted octanol–water partition coefficient (Wildman–Crippen LogP) is 2.23. The summed E-state index contributed by atoms with van der Waals surface area (Å²) in [4.78, 5) is 23.0. The highest BCUT2D eigenvalue weighted by Crippen LogP contribution is 2.22. The van der Waals surface area contributed by atoms with Crippen LogP contribution in [0.1, 0.15) is 17.3 Å². The zero-order valence-corrected chi connectivity index (χ0v) is 12.1. The van der Waals surface area contributed by atoms with E-state index in [1.165, 1.54) is 0 Å². The van der Waals surface area contributed by atoms with Crippen LogP contribution in [0.4, 0.5) is 17.5 Å². The minimum absolute atomic E-state index is 0.454. The molecule has 7 heteroatoms. The van der Waals surface area contributed by atoms with E-state index in [1.54, 1.807) is 24.3 Å². The van der Waals surface area contributed by atoms with Crippen LogP contribution in [0.3, 0.4) is 0 Å². The van der Waals surface area contributed by atoms with Gasteiger partial charge in [-0.05, 0) is 37.3 Å². The lowest BCUT2D eigenvalue weighted by Crippen LogP contribution is -2.10. The Morgan fingerprint density at radius 3 is 2.68 bits per heavy atom. The van der Waals surface area contributed by atoms with Gasteiger partial charge < -0.3 is 21.4 Å². The van der Waals surface area contributed by atoms with Crippen LogP contribution >= 0.6 is 0 Å². The molecule has 3 aromatic rings. The van der Waals surface area contributed by atoms with Crippen LogP contribution in [0, 0.1) is 0 Å². The fourth-order valence-corrected chi connectivity index (χ4v) is 2.15. The van der Waals surface area contributed by atoms with Crippen molar-refractivity contribution in [3.63, 3.8) is 0 Å². The molecule has 22 heavy (non-hydrogen) atoms. The van der Waals surface area contributed by atoms with Gasteiger partial charge >= 0.3 is 0 Å². The Morgan fingerprint density at radius 2 is 2.00 bits per heavy atom. The van der Waals surface area contributed by atoms with Crippen molar-refractivity contribution in [3.8, 4) is 0 Å². The number of nitrogens with one attached hydrogen (secondary N) is 3. The third-order valence-electron chi connectivity index (χ3n) is 3.19. The van der Waals surface area contributed by atoms with Gasteiger partial charge in [0.1, 0.15) is 11.5 Å². The molecule has 0 bridgehead atoms. The molecule has 0 aliphatic heterocycles. The van der Waals surface area contributed by atoms with Gasteiger partial charge in [0.15, 0.2) is 0 Å². The third kappa shape index (κ3) is 2.69. The quantitative estimate of drug-likeness (QED) is 0.577. The van der Waals surface area contributed by atoms with Gasteiger partial charge in [-0.1, -0.05) is 0 Å². The molecule has 0 aliphatic rings. The van der Waals surface area contributed by atoms with Crippen molar-refractivity contribution >= 4 is 34.4 Å². The first kappa shape index (κ1) is 13.9. The standard InChI is InChI=1S/C15H16N6O/c1-2-17-13-11-7-8-18-14(11)21-15(20-13)19-10-5-3-9(4-6-10)12(16)22/h3-8H,2H2,1H3,(H2,16,22)(H3,17,18,19,20,21). The van der Waals surface area contributed by atoms with Gasteiger partial charge in [0.25, 0.3) is 0 Å². The SMILES string of the molecule is CCNc1nc(Nc2ccc(C(N)=O)cc2)nc2[nH]ccc12. The van der Waals surface area contributed by atoms with Gasteiger partial charge in [0.2, 0.25) is 11.9 Å². The van der Waals surface area contributed by atoms with E-state index < -0.39 is 5.91 Å². The van der Waals surface area contributed by atoms with Crippen LogP contribution in [0.25, 0.3) is 11.0 Å². The highest BCUT2D eigenvalue weighted by Gasteiger charge is 2.08. The number of hydrogen-bond donors (Lipinski definition) is 4. The third-order valence-corrected chi connectivity index (χ3v) is 3.19. The second-order valence-corrected chi connectivity index (χ2v) is 4.73. The van der Waals surface area contributed by atoms with Crippen LogP contribution in [0.15, 0.2) is 36.5 Å². The van der Waals surface area contributed by atoms with E-state index in [4.69, 9.17) is 5.73 Å². The van der Waals surface area contributed by atoms with Crippen molar-refractivity contribution in [2.24, 2.45) is 5.73 Å². The maximum atomic E-state index is 11.1. The Labute approximate surface area is 127 Å². The molecule has 0 unspecified atom stereocenters. The minimum Gasteiger partial charge on any atom is -0.370 e. The summed E-state index contributed by atoms with van der Waals surface area (Å²) in [5, 5.41) is 7.27. The summed E-state index contributed by atoms with van der Waals surface area (Å²) in [6, 6.07) is 8.76. The van der Waals surface area contributed by atoms with Crippen LogP contribution in [0.5, 0.6) is 0 Å². The summed E-state index contributed by atoms with van der Waals surface area (Å²) in [6.45, 7) is 2.78. The first-order chi connectivity index (χ1) is 10.7. The number of nitrogens with zero attached hydrogens (tertiary/aromatic N) is 2. The molecular formula is C15H16N6O. The topological polar surface area (TPSA) is 109 Å². The number of hydrogen-bond acceptors (Lipinski definition) is 5. The number of fused-ring (bicyclic) bond motifs is 1. The van der Waals surface area contributed by atoms with Gasteiger partial charge in [-0.3, -0.25) is 4.79 Å². The summed E-state index contributed by atoms with van der Waals surface area (Å²) in [6.07, 6.45) is 1.83. The van der Waals surface area contributed by atoms with Gasteiger partial charge in [-0.2, -0.15) is 9.97 Å². The summed E-state index contributed by atoms with van der Waals surface area (Å²) in [5.41, 5.74) is 7.21. The van der Waals surface area contributed by atoms with Gasteiger partial charge in [0.05, 0.1) is 5.39 Å². The average Bonchev–Trinajstić information content (AvgIpc) is 2.97. The molecule has 0 radical (unpaired) electrons. The number of H-pyrrole nitrogens is 1. The Morgan fingerprint density at radius 1 is 1.23 bits per heavy atom. The van der Waals surface area contributed by atoms with Gasteiger partial charge in [-0.25, -0.2) is 0 Å². The molecule has 2 aromatic heterocycles. The lowest BCUT2D eigenvalue weighted by atomic mass is 10.2. The van der Waals surface area contributed by atoms with Crippen molar-refractivity contribution in [2.75, 3.05) is 17.2 Å². The zero-order valence-electron chi connectivity index (χ0n) is 12.1. The van der Waals surface area contributed by atoms with Crippen molar-refractivity contribution in [1.82, 2.24) is 15.0 Å². The fourth-order valence-electron chi connectivity index (χ4n) is 2.15. The normalized spacial score (nSPS) is 10.6. The molecule has 0 saturated carbocycles. The summed E-state index contributed by atoms with van der Waals surface area (Å²) >= 11 is 0. The van der Waals surface area contributed by atoms with Crippen LogP contribution in [-0.4, -0.2) is 27.4 Å². The first-order valence-corrected chi connectivity index (χ1v) is 6.93. The Kier molecular flexibility index (Phi) is 3.61. The molecule has 0 spiro atoms. The summed E-state index contributed by atoms with van der Waals surface area (Å²) in [5.74, 6) is 0.785. The molecule has 5 N–H and O–H groups in total. The van der Waals surface area contributed by atoms with Gasteiger partial charge in [-0.15, -0.1) is 0 Å². The predicted molar refractivity (Wildman–Crippen MR) is 86.3 cm³/mol. The Hall–Kier alpha value is -3.09. The molecule has 112 valence electrons. The van der Waals surface area contributed by atoms with Crippen molar-refractivity contribution in [3.05, 3.63) is 42.1 Å². The number of primary amides is 1. The molecule has 0 saturated heterocycles. The smallest absolute Gasteiger partial charge is 0.248 e. The van der Waals surface area contributed by atoms with Crippen LogP contribution in [0.2, 0.25) is 0 Å². The summed E-state index contributed by atoms with van der Waals surface area (Å²) < 4.78 is 0. The van der Waals surface area contributed by atoms with Crippen molar-refractivity contribution < 1.29 is 4.79 Å². The largest absolute Gasteiger partial charge is 0.370 e. The van der Waals surface area contributed by atoms with E-state index in [9.17, 15) is 4.79 Å². The molecule has 0 fully saturated rings. The van der Waals surface area contributed by atoms with E-state index >= 15 is 0 Å². The van der Waals surface area contributed by atoms with Crippen molar-refractivity contribution in [2.45, 2.75) is 6.92 Å². The Balaban J connectivity index is 1.91. The number of carbonyl (C=O) groups excluding carboxylic acids is 1. The van der Waals surface area contributed by atoms with E-state index in [0.717, 1.165) is 29.1 Å². The second kappa shape index (κ2) is 5.72. The van der Waals surface area contributed by atoms with Crippen LogP contribution in [-0.2, 0) is 0 Å². The first-order valence-electron chi connectivity index (χ1n) is 6.93. The van der Waals surface area contributed by atoms with E-state index in [0.29, 0.717) is 11.5 Å². The lowest BCUT2D eigenvalue weighted by molar-refractivity contribution is 0.100. The molecule has 2 heterocycles. The molecule has 1 aromatic carbocycles. The number of amides is 1. The molecule has 3 rings (SSSR count). The molecule has 7 nitrogen and oxygen atoms in total. The maximum absolute atomic E-state index is 11.1. The summed E-state index contributed by atoms with van der Waals surface area (Å²) in [7, 11) is 0. The van der Waals surface area contributed by atoms with E-state index in [1.807, 2.05) is 19.2 Å². The number of aromatic amines is 1. The number of benzene rings is 1. The number of nitrogens with two attached hydrogens (primary N) is 1. The lowest BCUT2D eigenvalue weighted by Gasteiger charge is -2.09. The number of carbonyl (C=O) groups is 1. The van der Waals surface area contributed by atoms with E-state index in [-0.39, 0.29) is 0 Å². The van der Waals surface area contributed by atoms with Crippen LogP contribution < -0.4 is 16.4 Å². The van der Waals surface area contributed by atoms with Gasteiger partial charge in [0, 0.05) is 24.0 Å². The van der Waals surface area contributed by atoms with E-state index in [2.05, 4.69) is 25.6 Å². The minimum atomic E-state index is -0.454. The highest BCUT2D eigenvalue weighted by molar-refractivity contribution is 5.93. The number of aromatic nitrogens is 3. The molecule has 0 aliphatic carbocycles.